The van der Waals surface area contributed by atoms with Gasteiger partial charge in [0.2, 0.25) is 0 Å². The molecule has 0 bridgehead atoms. The van der Waals surface area contributed by atoms with Crippen LogP contribution in [0.3, 0.4) is 0 Å². The second-order valence-corrected chi connectivity index (χ2v) is 6.69. The van der Waals surface area contributed by atoms with Crippen LogP contribution in [0.4, 0.5) is 0 Å². The third-order valence-corrected chi connectivity index (χ3v) is 5.16. The molecule has 0 amide bonds. The Labute approximate surface area is 86.1 Å². The molecular formula is C10H26N2Si. The van der Waals surface area contributed by atoms with Crippen molar-refractivity contribution in [2.24, 2.45) is 0 Å². The predicted octanol–water partition coefficient (Wildman–Crippen LogP) is 1.49. The molecular weight excluding hydrogens is 176 g/mol. The first kappa shape index (κ1) is 13.1. The zero-order valence-corrected chi connectivity index (χ0v) is 11.7. The third kappa shape index (κ3) is 6.24. The molecule has 1 N–H and O–H groups in total. The smallest absolute Gasteiger partial charge is 0.171 e. The minimum absolute atomic E-state index is 0.272. The molecule has 0 aromatic heterocycles. The first-order valence-electron chi connectivity index (χ1n) is 5.25. The molecule has 0 unspecified atom stereocenters. The van der Waals surface area contributed by atoms with Crippen molar-refractivity contribution >= 4 is 9.84 Å². The molecule has 0 atom stereocenters. The molecule has 0 saturated carbocycles. The number of hydrogen-bond acceptors (Lipinski definition) is 2. The Morgan fingerprint density at radius 1 is 1.00 bits per heavy atom. The van der Waals surface area contributed by atoms with Crippen molar-refractivity contribution in [3.8, 4) is 0 Å². The fourth-order valence-corrected chi connectivity index (χ4v) is 2.68. The van der Waals surface area contributed by atoms with Gasteiger partial charge in [-0.25, -0.2) is 0 Å². The summed E-state index contributed by atoms with van der Waals surface area (Å²) in [6.07, 6.45) is 0. The van der Waals surface area contributed by atoms with E-state index >= 15 is 0 Å². The minimum Gasteiger partial charge on any atom is -0.326 e. The first-order valence-corrected chi connectivity index (χ1v) is 6.59. The Kier molecular flexibility index (Phi) is 5.18. The zero-order valence-electron chi connectivity index (χ0n) is 10.3. The SMILES string of the molecule is CC(C)N([SiH2]NC(C)(C)C)C(C)C. The number of hydrogen-bond donors (Lipinski definition) is 1. The van der Waals surface area contributed by atoms with Crippen LogP contribution >= 0.6 is 0 Å². The van der Waals surface area contributed by atoms with Crippen molar-refractivity contribution < 1.29 is 0 Å². The predicted molar refractivity (Wildman–Crippen MR) is 63.5 cm³/mol. The number of nitrogens with zero attached hydrogens (tertiary/aromatic N) is 1. The van der Waals surface area contributed by atoms with Crippen molar-refractivity contribution in [1.82, 2.24) is 9.55 Å². The van der Waals surface area contributed by atoms with Gasteiger partial charge in [0.1, 0.15) is 0 Å². The molecule has 0 saturated heterocycles. The molecule has 3 heteroatoms. The van der Waals surface area contributed by atoms with Gasteiger partial charge in [-0.1, -0.05) is 27.7 Å². The third-order valence-electron chi connectivity index (χ3n) is 2.12. The molecule has 0 aromatic rings. The lowest BCUT2D eigenvalue weighted by Gasteiger charge is -2.33. The molecule has 0 aliphatic heterocycles. The van der Waals surface area contributed by atoms with Gasteiger partial charge in [-0.3, -0.25) is 0 Å². The maximum absolute atomic E-state index is 3.65. The van der Waals surface area contributed by atoms with Crippen LogP contribution in [0.15, 0.2) is 0 Å². The van der Waals surface area contributed by atoms with Crippen LogP contribution < -0.4 is 4.98 Å². The zero-order chi connectivity index (χ0) is 10.6. The van der Waals surface area contributed by atoms with E-state index in [0.717, 1.165) is 0 Å². The van der Waals surface area contributed by atoms with Gasteiger partial charge in [0, 0.05) is 5.54 Å². The van der Waals surface area contributed by atoms with Crippen LogP contribution in [0.1, 0.15) is 48.5 Å². The molecule has 80 valence electrons. The van der Waals surface area contributed by atoms with E-state index in [-0.39, 0.29) is 15.4 Å². The highest BCUT2D eigenvalue weighted by Gasteiger charge is 2.16. The van der Waals surface area contributed by atoms with Crippen molar-refractivity contribution in [3.05, 3.63) is 0 Å². The maximum Gasteiger partial charge on any atom is 0.171 e. The van der Waals surface area contributed by atoms with Crippen molar-refractivity contribution in [3.63, 3.8) is 0 Å². The Morgan fingerprint density at radius 3 is 1.62 bits per heavy atom. The molecule has 2 nitrogen and oxygen atoms in total. The molecule has 0 aromatic carbocycles. The van der Waals surface area contributed by atoms with Gasteiger partial charge in [0.05, 0.1) is 0 Å². The number of nitrogens with one attached hydrogen (secondary N) is 1. The highest BCUT2D eigenvalue weighted by molar-refractivity contribution is 6.29. The molecule has 0 aliphatic rings. The van der Waals surface area contributed by atoms with Crippen LogP contribution in [0.2, 0.25) is 0 Å². The molecule has 0 spiro atoms. The summed E-state index contributed by atoms with van der Waals surface area (Å²) in [6.45, 7) is 15.8. The summed E-state index contributed by atoms with van der Waals surface area (Å²) in [6, 6.07) is 1.34. The Morgan fingerprint density at radius 2 is 1.38 bits per heavy atom. The van der Waals surface area contributed by atoms with Crippen LogP contribution in [0, 0.1) is 0 Å². The largest absolute Gasteiger partial charge is 0.326 e. The second-order valence-electron chi connectivity index (χ2n) is 5.29. The fraction of sp³-hybridized carbons (Fsp3) is 1.00. The highest BCUT2D eigenvalue weighted by Crippen LogP contribution is 2.04. The lowest BCUT2D eigenvalue weighted by Crippen LogP contribution is -2.51. The van der Waals surface area contributed by atoms with E-state index in [1.165, 1.54) is 0 Å². The summed E-state index contributed by atoms with van der Waals surface area (Å²) in [5.41, 5.74) is 0.272. The average Bonchev–Trinajstić information content (AvgIpc) is 1.82. The molecule has 0 rings (SSSR count). The van der Waals surface area contributed by atoms with Gasteiger partial charge in [0.25, 0.3) is 0 Å². The van der Waals surface area contributed by atoms with Gasteiger partial charge in [-0.15, -0.1) is 0 Å². The van der Waals surface area contributed by atoms with E-state index in [4.69, 9.17) is 0 Å². The van der Waals surface area contributed by atoms with Gasteiger partial charge in [0.15, 0.2) is 9.84 Å². The summed E-state index contributed by atoms with van der Waals surface area (Å²) < 4.78 is 2.59. The summed E-state index contributed by atoms with van der Waals surface area (Å²) in [5, 5.41) is 0. The van der Waals surface area contributed by atoms with E-state index in [1.54, 1.807) is 0 Å². The summed E-state index contributed by atoms with van der Waals surface area (Å²) in [7, 11) is -0.291. The maximum atomic E-state index is 3.65. The summed E-state index contributed by atoms with van der Waals surface area (Å²) in [4.78, 5) is 3.65. The standard InChI is InChI=1S/C10H26N2Si/c1-8(2)12(9(3)4)13-11-10(5,6)7/h8-9,11H,13H2,1-7H3. The second kappa shape index (κ2) is 5.13. The fourth-order valence-electron chi connectivity index (χ4n) is 1.29. The van der Waals surface area contributed by atoms with E-state index in [9.17, 15) is 0 Å². The van der Waals surface area contributed by atoms with Crippen LogP contribution in [0.25, 0.3) is 0 Å². The topological polar surface area (TPSA) is 15.3 Å². The molecule has 0 heterocycles. The van der Waals surface area contributed by atoms with Crippen LogP contribution in [-0.2, 0) is 0 Å². The Bertz CT molecular complexity index is 130. The summed E-state index contributed by atoms with van der Waals surface area (Å²) >= 11 is 0. The van der Waals surface area contributed by atoms with Crippen molar-refractivity contribution in [2.45, 2.75) is 66.1 Å². The highest BCUT2D eigenvalue weighted by atomic mass is 28.2. The first-order chi connectivity index (χ1) is 5.74. The minimum atomic E-state index is -0.291. The lowest BCUT2D eigenvalue weighted by molar-refractivity contribution is 0.301. The van der Waals surface area contributed by atoms with Crippen LogP contribution in [0.5, 0.6) is 0 Å². The van der Waals surface area contributed by atoms with E-state index in [0.29, 0.717) is 12.1 Å². The Hall–Kier alpha value is 0.137. The molecule has 0 fully saturated rings. The van der Waals surface area contributed by atoms with Gasteiger partial charge < -0.3 is 9.55 Å². The van der Waals surface area contributed by atoms with Gasteiger partial charge >= 0.3 is 0 Å². The van der Waals surface area contributed by atoms with E-state index in [2.05, 4.69) is 58.0 Å². The van der Waals surface area contributed by atoms with Crippen molar-refractivity contribution in [1.29, 1.82) is 0 Å². The normalized spacial score (nSPS) is 14.3. The monoisotopic (exact) mass is 202 g/mol. The van der Waals surface area contributed by atoms with Crippen LogP contribution in [-0.4, -0.2) is 32.0 Å². The molecule has 0 radical (unpaired) electrons. The summed E-state index contributed by atoms with van der Waals surface area (Å²) in [5.74, 6) is 0. The molecule has 0 aliphatic carbocycles. The van der Waals surface area contributed by atoms with Gasteiger partial charge in [-0.2, -0.15) is 0 Å². The van der Waals surface area contributed by atoms with E-state index in [1.807, 2.05) is 0 Å². The number of rotatable bonds is 4. The van der Waals surface area contributed by atoms with E-state index < -0.39 is 0 Å². The van der Waals surface area contributed by atoms with Gasteiger partial charge in [-0.05, 0) is 32.9 Å². The average molecular weight is 202 g/mol. The molecule has 13 heavy (non-hydrogen) atoms. The van der Waals surface area contributed by atoms with Crippen molar-refractivity contribution in [2.75, 3.05) is 0 Å². The lowest BCUT2D eigenvalue weighted by atomic mass is 10.1. The quantitative estimate of drug-likeness (QED) is 0.695. The Balaban J connectivity index is 3.98.